The molecular weight excluding hydrogens is 420 g/mol. The molecule has 174 valence electrons. The third-order valence-electron chi connectivity index (χ3n) is 5.48. The molecule has 32 heavy (non-hydrogen) atoms. The zero-order valence-electron chi connectivity index (χ0n) is 19.9. The second-order valence-corrected chi connectivity index (χ2v) is 9.08. The molecule has 0 spiro atoms. The summed E-state index contributed by atoms with van der Waals surface area (Å²) in [6, 6.07) is 15.5. The maximum absolute atomic E-state index is 13.3. The molecule has 5 nitrogen and oxygen atoms in total. The van der Waals surface area contributed by atoms with E-state index < -0.39 is 6.04 Å². The first-order valence-electron chi connectivity index (χ1n) is 11.2. The van der Waals surface area contributed by atoms with Gasteiger partial charge in [0.15, 0.2) is 0 Å². The molecule has 2 atom stereocenters. The maximum atomic E-state index is 13.3. The summed E-state index contributed by atoms with van der Waals surface area (Å²) in [4.78, 5) is 28.0. The molecule has 6 heteroatoms. The number of hydrogen-bond acceptors (Lipinski definition) is 4. The third-order valence-corrected chi connectivity index (χ3v) is 6.46. The van der Waals surface area contributed by atoms with Crippen LogP contribution in [0.1, 0.15) is 50.3 Å². The Hall–Kier alpha value is -2.47. The number of carbonyl (C=O) groups excluding carboxylic acids is 2. The Labute approximate surface area is 196 Å². The summed E-state index contributed by atoms with van der Waals surface area (Å²) in [5, 5.41) is 3.05. The molecule has 2 rings (SSSR count). The Morgan fingerprint density at radius 2 is 1.78 bits per heavy atom. The van der Waals surface area contributed by atoms with E-state index in [1.807, 2.05) is 51.1 Å². The van der Waals surface area contributed by atoms with E-state index in [4.69, 9.17) is 4.74 Å². The van der Waals surface area contributed by atoms with Crippen molar-refractivity contribution in [2.75, 3.05) is 12.9 Å². The SMILES string of the molecule is CC[C@@H](C)NC(=O)[C@@H](CC)N(Cc1ccc(OC)cc1)C(=O)CSCc1cccc(C)c1. The van der Waals surface area contributed by atoms with Gasteiger partial charge in [0.05, 0.1) is 12.9 Å². The number of thioether (sulfide) groups is 1. The van der Waals surface area contributed by atoms with Crippen molar-refractivity contribution in [3.63, 3.8) is 0 Å². The Bertz CT molecular complexity index is 870. The van der Waals surface area contributed by atoms with Crippen LogP contribution in [0, 0.1) is 6.92 Å². The lowest BCUT2D eigenvalue weighted by atomic mass is 10.1. The first-order chi connectivity index (χ1) is 15.4. The Kier molecular flexibility index (Phi) is 10.6. The number of aryl methyl sites for hydroxylation is 1. The highest BCUT2D eigenvalue weighted by Gasteiger charge is 2.29. The molecule has 0 saturated carbocycles. The summed E-state index contributed by atoms with van der Waals surface area (Å²) >= 11 is 1.58. The van der Waals surface area contributed by atoms with Crippen LogP contribution in [-0.4, -0.2) is 41.7 Å². The minimum absolute atomic E-state index is 0.0235. The number of rotatable bonds is 12. The number of nitrogens with one attached hydrogen (secondary N) is 1. The van der Waals surface area contributed by atoms with Crippen molar-refractivity contribution >= 4 is 23.6 Å². The number of methoxy groups -OCH3 is 1. The van der Waals surface area contributed by atoms with Crippen LogP contribution >= 0.6 is 11.8 Å². The lowest BCUT2D eigenvalue weighted by Gasteiger charge is -2.31. The van der Waals surface area contributed by atoms with Gasteiger partial charge in [-0.05, 0) is 49.9 Å². The number of carbonyl (C=O) groups is 2. The van der Waals surface area contributed by atoms with Crippen LogP contribution < -0.4 is 10.1 Å². The molecule has 2 aromatic rings. The highest BCUT2D eigenvalue weighted by molar-refractivity contribution is 7.99. The van der Waals surface area contributed by atoms with Crippen molar-refractivity contribution < 1.29 is 14.3 Å². The van der Waals surface area contributed by atoms with Gasteiger partial charge < -0.3 is 15.0 Å². The molecule has 0 heterocycles. The topological polar surface area (TPSA) is 58.6 Å². The molecule has 0 aliphatic rings. The molecule has 0 radical (unpaired) electrons. The maximum Gasteiger partial charge on any atom is 0.243 e. The quantitative estimate of drug-likeness (QED) is 0.490. The van der Waals surface area contributed by atoms with Crippen LogP contribution in [0.5, 0.6) is 5.75 Å². The van der Waals surface area contributed by atoms with Gasteiger partial charge in [-0.1, -0.05) is 55.8 Å². The van der Waals surface area contributed by atoms with Gasteiger partial charge in [0.25, 0.3) is 0 Å². The minimum atomic E-state index is -0.502. The summed E-state index contributed by atoms with van der Waals surface area (Å²) in [5.41, 5.74) is 3.38. The van der Waals surface area contributed by atoms with Gasteiger partial charge in [0.2, 0.25) is 11.8 Å². The van der Waals surface area contributed by atoms with Gasteiger partial charge in [-0.2, -0.15) is 0 Å². The molecular formula is C26H36N2O3S. The van der Waals surface area contributed by atoms with Crippen molar-refractivity contribution in [3.05, 3.63) is 65.2 Å². The molecule has 0 aliphatic heterocycles. The molecule has 0 fully saturated rings. The number of hydrogen-bond donors (Lipinski definition) is 1. The Morgan fingerprint density at radius 3 is 2.38 bits per heavy atom. The fraction of sp³-hybridized carbons (Fsp3) is 0.462. The highest BCUT2D eigenvalue weighted by atomic mass is 32.2. The summed E-state index contributed by atoms with van der Waals surface area (Å²) in [6.45, 7) is 8.43. The molecule has 0 aromatic heterocycles. The predicted molar refractivity (Wildman–Crippen MR) is 133 cm³/mol. The molecule has 0 unspecified atom stereocenters. The predicted octanol–water partition coefficient (Wildman–Crippen LogP) is 4.96. The average Bonchev–Trinajstić information content (AvgIpc) is 2.79. The second kappa shape index (κ2) is 13.2. The van der Waals surface area contributed by atoms with Crippen molar-refractivity contribution in [2.45, 2.75) is 64.9 Å². The monoisotopic (exact) mass is 456 g/mol. The molecule has 0 bridgehead atoms. The van der Waals surface area contributed by atoms with E-state index in [9.17, 15) is 9.59 Å². The van der Waals surface area contributed by atoms with Gasteiger partial charge in [-0.15, -0.1) is 11.8 Å². The average molecular weight is 457 g/mol. The van der Waals surface area contributed by atoms with E-state index in [1.54, 1.807) is 23.8 Å². The van der Waals surface area contributed by atoms with E-state index in [-0.39, 0.29) is 17.9 Å². The molecule has 1 N–H and O–H groups in total. The smallest absolute Gasteiger partial charge is 0.243 e. The van der Waals surface area contributed by atoms with Crippen molar-refractivity contribution in [1.29, 1.82) is 0 Å². The van der Waals surface area contributed by atoms with Crippen molar-refractivity contribution in [3.8, 4) is 5.75 Å². The van der Waals surface area contributed by atoms with E-state index in [2.05, 4.69) is 30.4 Å². The zero-order chi connectivity index (χ0) is 23.5. The van der Waals surface area contributed by atoms with E-state index in [0.29, 0.717) is 18.7 Å². The van der Waals surface area contributed by atoms with Crippen molar-refractivity contribution in [1.82, 2.24) is 10.2 Å². The van der Waals surface area contributed by atoms with Crippen LogP contribution in [-0.2, 0) is 21.9 Å². The van der Waals surface area contributed by atoms with Crippen LogP contribution in [0.15, 0.2) is 48.5 Å². The summed E-state index contributed by atoms with van der Waals surface area (Å²) in [6.07, 6.45) is 1.41. The molecule has 0 saturated heterocycles. The van der Waals surface area contributed by atoms with Gasteiger partial charge in [-0.3, -0.25) is 9.59 Å². The number of benzene rings is 2. The first kappa shape index (κ1) is 25.8. The standard InChI is InChI=1S/C26H36N2O3S/c1-6-20(4)27-26(30)24(7-2)28(16-21-11-13-23(31-5)14-12-21)25(29)18-32-17-22-10-8-9-19(3)15-22/h8-15,20,24H,6-7,16-18H2,1-5H3,(H,27,30)/t20-,24-/m1/s1. The van der Waals surface area contributed by atoms with Crippen LogP contribution in [0.2, 0.25) is 0 Å². The largest absolute Gasteiger partial charge is 0.497 e. The zero-order valence-corrected chi connectivity index (χ0v) is 20.7. The third kappa shape index (κ3) is 7.90. The minimum Gasteiger partial charge on any atom is -0.497 e. The fourth-order valence-electron chi connectivity index (χ4n) is 3.43. The van der Waals surface area contributed by atoms with Gasteiger partial charge in [0.1, 0.15) is 11.8 Å². The van der Waals surface area contributed by atoms with Crippen molar-refractivity contribution in [2.24, 2.45) is 0 Å². The second-order valence-electron chi connectivity index (χ2n) is 8.09. The van der Waals surface area contributed by atoms with E-state index in [1.165, 1.54) is 11.1 Å². The molecule has 2 amide bonds. The van der Waals surface area contributed by atoms with Crippen LogP contribution in [0.25, 0.3) is 0 Å². The lowest BCUT2D eigenvalue weighted by Crippen LogP contribution is -2.51. The lowest BCUT2D eigenvalue weighted by molar-refractivity contribution is -0.139. The molecule has 2 aromatic carbocycles. The fourth-order valence-corrected chi connectivity index (χ4v) is 4.29. The van der Waals surface area contributed by atoms with E-state index >= 15 is 0 Å². The highest BCUT2D eigenvalue weighted by Crippen LogP contribution is 2.19. The van der Waals surface area contributed by atoms with Gasteiger partial charge in [-0.25, -0.2) is 0 Å². The first-order valence-corrected chi connectivity index (χ1v) is 12.4. The van der Waals surface area contributed by atoms with Crippen LogP contribution in [0.3, 0.4) is 0 Å². The normalized spacial score (nSPS) is 12.7. The Balaban J connectivity index is 2.14. The summed E-state index contributed by atoms with van der Waals surface area (Å²) < 4.78 is 5.24. The van der Waals surface area contributed by atoms with E-state index in [0.717, 1.165) is 23.5 Å². The Morgan fingerprint density at radius 1 is 1.06 bits per heavy atom. The van der Waals surface area contributed by atoms with Gasteiger partial charge in [0, 0.05) is 18.3 Å². The molecule has 0 aliphatic carbocycles. The number of nitrogens with zero attached hydrogens (tertiary/aromatic N) is 1. The summed E-state index contributed by atoms with van der Waals surface area (Å²) in [5.74, 6) is 1.75. The summed E-state index contributed by atoms with van der Waals surface area (Å²) in [7, 11) is 1.63. The van der Waals surface area contributed by atoms with Gasteiger partial charge >= 0.3 is 0 Å². The van der Waals surface area contributed by atoms with Crippen LogP contribution in [0.4, 0.5) is 0 Å². The number of amides is 2. The number of ether oxygens (including phenoxy) is 1.